The maximum atomic E-state index is 5.27. The molecule has 0 amide bonds. The molecular formula is C13H14N2S. The van der Waals surface area contributed by atoms with Crippen LogP contribution in [0.5, 0.6) is 0 Å². The standard InChI is InChI=1S/C13H14N2S/c1-4-7-15(3)9-13-14-11-6-5-10(2)8-12(11)16-13/h1,5-6,8H,7,9H2,2-3H3. The number of nitrogens with zero attached hydrogens (tertiary/aromatic N) is 2. The highest BCUT2D eigenvalue weighted by Crippen LogP contribution is 2.23. The molecule has 2 rings (SSSR count). The summed E-state index contributed by atoms with van der Waals surface area (Å²) in [5.41, 5.74) is 2.36. The van der Waals surface area contributed by atoms with Crippen molar-refractivity contribution < 1.29 is 0 Å². The van der Waals surface area contributed by atoms with Crippen LogP contribution in [0.25, 0.3) is 10.2 Å². The Bertz CT molecular complexity index is 536. The molecule has 1 aromatic carbocycles. The number of thiazole rings is 1. The number of rotatable bonds is 3. The second kappa shape index (κ2) is 4.65. The Hall–Kier alpha value is -1.37. The molecule has 0 saturated heterocycles. The molecule has 0 aliphatic rings. The first kappa shape index (κ1) is 11.1. The molecule has 0 spiro atoms. The van der Waals surface area contributed by atoms with Crippen LogP contribution in [0.2, 0.25) is 0 Å². The van der Waals surface area contributed by atoms with E-state index in [1.54, 1.807) is 11.3 Å². The van der Waals surface area contributed by atoms with E-state index in [4.69, 9.17) is 6.42 Å². The second-order valence-electron chi connectivity index (χ2n) is 3.96. The summed E-state index contributed by atoms with van der Waals surface area (Å²) in [6.45, 7) is 3.58. The Balaban J connectivity index is 2.23. The predicted molar refractivity (Wildman–Crippen MR) is 69.5 cm³/mol. The van der Waals surface area contributed by atoms with Crippen LogP contribution >= 0.6 is 11.3 Å². The molecule has 0 fully saturated rings. The van der Waals surface area contributed by atoms with Crippen LogP contribution in [0.4, 0.5) is 0 Å². The van der Waals surface area contributed by atoms with Crippen molar-refractivity contribution in [1.29, 1.82) is 0 Å². The van der Waals surface area contributed by atoms with Gasteiger partial charge in [0.2, 0.25) is 0 Å². The van der Waals surface area contributed by atoms with Gasteiger partial charge in [-0.3, -0.25) is 4.90 Å². The summed E-state index contributed by atoms with van der Waals surface area (Å²) in [7, 11) is 2.01. The summed E-state index contributed by atoms with van der Waals surface area (Å²) >= 11 is 1.74. The van der Waals surface area contributed by atoms with Gasteiger partial charge in [0.05, 0.1) is 23.3 Å². The lowest BCUT2D eigenvalue weighted by Crippen LogP contribution is -2.17. The van der Waals surface area contributed by atoms with Crippen molar-refractivity contribution in [2.75, 3.05) is 13.6 Å². The Morgan fingerprint density at radius 3 is 3.06 bits per heavy atom. The summed E-state index contributed by atoms with van der Waals surface area (Å²) in [6, 6.07) is 6.35. The average Bonchev–Trinajstić information content (AvgIpc) is 2.59. The van der Waals surface area contributed by atoms with E-state index in [-0.39, 0.29) is 0 Å². The molecule has 16 heavy (non-hydrogen) atoms. The lowest BCUT2D eigenvalue weighted by Gasteiger charge is -2.09. The van der Waals surface area contributed by atoms with Gasteiger partial charge >= 0.3 is 0 Å². The first-order chi connectivity index (χ1) is 7.69. The Kier molecular flexibility index (Phi) is 3.23. The fraction of sp³-hybridized carbons (Fsp3) is 0.308. The number of fused-ring (bicyclic) bond motifs is 1. The van der Waals surface area contributed by atoms with E-state index in [2.05, 4.69) is 40.9 Å². The summed E-state index contributed by atoms with van der Waals surface area (Å²) in [5, 5.41) is 1.12. The zero-order chi connectivity index (χ0) is 11.5. The van der Waals surface area contributed by atoms with Gasteiger partial charge in [0.1, 0.15) is 5.01 Å². The van der Waals surface area contributed by atoms with Gasteiger partial charge in [0.15, 0.2) is 0 Å². The largest absolute Gasteiger partial charge is 0.289 e. The minimum absolute atomic E-state index is 0.662. The summed E-state index contributed by atoms with van der Waals surface area (Å²) in [4.78, 5) is 6.67. The highest BCUT2D eigenvalue weighted by Gasteiger charge is 2.05. The molecule has 0 saturated carbocycles. The molecule has 0 unspecified atom stereocenters. The van der Waals surface area contributed by atoms with Crippen LogP contribution < -0.4 is 0 Å². The maximum absolute atomic E-state index is 5.27. The number of hydrogen-bond donors (Lipinski definition) is 0. The fourth-order valence-electron chi connectivity index (χ4n) is 1.59. The van der Waals surface area contributed by atoms with Crippen molar-refractivity contribution >= 4 is 21.6 Å². The molecule has 0 aliphatic heterocycles. The Morgan fingerprint density at radius 2 is 2.31 bits per heavy atom. The molecule has 2 aromatic rings. The van der Waals surface area contributed by atoms with Gasteiger partial charge in [-0.05, 0) is 31.7 Å². The van der Waals surface area contributed by atoms with E-state index in [1.807, 2.05) is 7.05 Å². The van der Waals surface area contributed by atoms with Crippen LogP contribution in [0, 0.1) is 19.3 Å². The molecule has 0 radical (unpaired) electrons. The molecule has 3 heteroatoms. The highest BCUT2D eigenvalue weighted by atomic mass is 32.1. The number of benzene rings is 1. The zero-order valence-electron chi connectivity index (χ0n) is 9.53. The first-order valence-corrected chi connectivity index (χ1v) is 5.99. The smallest absolute Gasteiger partial charge is 0.108 e. The molecule has 1 aromatic heterocycles. The van der Waals surface area contributed by atoms with Crippen molar-refractivity contribution in [1.82, 2.24) is 9.88 Å². The quantitative estimate of drug-likeness (QED) is 0.754. The minimum Gasteiger partial charge on any atom is -0.289 e. The minimum atomic E-state index is 0.662. The maximum Gasteiger partial charge on any atom is 0.108 e. The van der Waals surface area contributed by atoms with E-state index in [9.17, 15) is 0 Å². The van der Waals surface area contributed by atoms with Crippen LogP contribution in [0.1, 0.15) is 10.6 Å². The topological polar surface area (TPSA) is 16.1 Å². The Labute approximate surface area is 99.9 Å². The normalized spacial score (nSPS) is 10.9. The third-order valence-corrected chi connectivity index (χ3v) is 3.36. The highest BCUT2D eigenvalue weighted by molar-refractivity contribution is 7.18. The summed E-state index contributed by atoms with van der Waals surface area (Å²) < 4.78 is 1.25. The van der Waals surface area contributed by atoms with Gasteiger partial charge in [-0.2, -0.15) is 0 Å². The van der Waals surface area contributed by atoms with E-state index in [0.717, 1.165) is 17.1 Å². The van der Waals surface area contributed by atoms with Crippen LogP contribution in [0.3, 0.4) is 0 Å². The van der Waals surface area contributed by atoms with Crippen molar-refractivity contribution in [3.63, 3.8) is 0 Å². The van der Waals surface area contributed by atoms with Crippen molar-refractivity contribution in [3.05, 3.63) is 28.8 Å². The number of hydrogen-bond acceptors (Lipinski definition) is 3. The molecule has 0 bridgehead atoms. The van der Waals surface area contributed by atoms with Crippen LogP contribution in [-0.4, -0.2) is 23.5 Å². The Morgan fingerprint density at radius 1 is 1.50 bits per heavy atom. The van der Waals surface area contributed by atoms with E-state index >= 15 is 0 Å². The second-order valence-corrected chi connectivity index (χ2v) is 5.07. The molecular weight excluding hydrogens is 216 g/mol. The fourth-order valence-corrected chi connectivity index (χ4v) is 2.74. The molecule has 0 N–H and O–H groups in total. The summed E-state index contributed by atoms with van der Waals surface area (Å²) in [6.07, 6.45) is 5.27. The zero-order valence-corrected chi connectivity index (χ0v) is 10.3. The molecule has 82 valence electrons. The number of terminal acetylenes is 1. The van der Waals surface area contributed by atoms with Crippen molar-refractivity contribution in [3.8, 4) is 12.3 Å². The van der Waals surface area contributed by atoms with Gasteiger partial charge in [0, 0.05) is 0 Å². The predicted octanol–water partition coefficient (Wildman–Crippen LogP) is 2.67. The SMILES string of the molecule is C#CCN(C)Cc1nc2ccc(C)cc2s1. The first-order valence-electron chi connectivity index (χ1n) is 5.17. The molecule has 2 nitrogen and oxygen atoms in total. The van der Waals surface area contributed by atoms with E-state index in [1.165, 1.54) is 10.3 Å². The monoisotopic (exact) mass is 230 g/mol. The molecule has 1 heterocycles. The molecule has 0 aliphatic carbocycles. The van der Waals surface area contributed by atoms with E-state index in [0.29, 0.717) is 6.54 Å². The van der Waals surface area contributed by atoms with Crippen LogP contribution in [-0.2, 0) is 6.54 Å². The van der Waals surface area contributed by atoms with Gasteiger partial charge in [0.25, 0.3) is 0 Å². The van der Waals surface area contributed by atoms with Crippen molar-refractivity contribution in [2.24, 2.45) is 0 Å². The van der Waals surface area contributed by atoms with Crippen molar-refractivity contribution in [2.45, 2.75) is 13.5 Å². The number of aromatic nitrogens is 1. The van der Waals surface area contributed by atoms with Crippen LogP contribution in [0.15, 0.2) is 18.2 Å². The lowest BCUT2D eigenvalue weighted by atomic mass is 10.2. The third kappa shape index (κ3) is 2.41. The molecule has 0 atom stereocenters. The average molecular weight is 230 g/mol. The van der Waals surface area contributed by atoms with Gasteiger partial charge < -0.3 is 0 Å². The third-order valence-electron chi connectivity index (χ3n) is 2.35. The van der Waals surface area contributed by atoms with Gasteiger partial charge in [-0.1, -0.05) is 12.0 Å². The number of aryl methyl sites for hydroxylation is 1. The summed E-state index contributed by atoms with van der Waals surface area (Å²) in [5.74, 6) is 2.63. The van der Waals surface area contributed by atoms with E-state index < -0.39 is 0 Å². The van der Waals surface area contributed by atoms with Gasteiger partial charge in [-0.25, -0.2) is 4.98 Å². The lowest BCUT2D eigenvalue weighted by molar-refractivity contribution is 0.369. The van der Waals surface area contributed by atoms with Gasteiger partial charge in [-0.15, -0.1) is 17.8 Å².